The first-order chi connectivity index (χ1) is 20.3. The average Bonchev–Trinajstić information content (AvgIpc) is 2.91. The Morgan fingerprint density at radius 1 is 0.614 bits per heavy atom. The van der Waals surface area contributed by atoms with Crippen LogP contribution in [0.2, 0.25) is 5.02 Å². The van der Waals surface area contributed by atoms with Crippen molar-refractivity contribution in [2.24, 2.45) is 0 Å². The van der Waals surface area contributed by atoms with E-state index in [4.69, 9.17) is 11.6 Å². The van der Waals surface area contributed by atoms with Gasteiger partial charge in [-0.2, -0.15) is 39.5 Å². The molecule has 44 heavy (non-hydrogen) atoms. The predicted octanol–water partition coefficient (Wildman–Crippen LogP) is 13.1. The van der Waals surface area contributed by atoms with E-state index < -0.39 is 35.2 Å². The van der Waals surface area contributed by atoms with E-state index in [-0.39, 0.29) is 6.54 Å². The second-order valence-corrected chi connectivity index (χ2v) is 12.0. The maximum absolute atomic E-state index is 12.9. The molecule has 0 saturated carbocycles. The third-order valence-electron chi connectivity index (χ3n) is 6.20. The summed E-state index contributed by atoms with van der Waals surface area (Å²) in [6.45, 7) is 1.82. The molecule has 0 spiro atoms. The van der Waals surface area contributed by atoms with Crippen LogP contribution in [-0.2, 0) is 30.4 Å². The van der Waals surface area contributed by atoms with Crippen LogP contribution < -0.4 is 5.32 Å². The summed E-state index contributed by atoms with van der Waals surface area (Å²) in [5.74, 6) is 0. The number of rotatable bonds is 5. The van der Waals surface area contributed by atoms with Crippen LogP contribution in [0, 0.1) is 6.92 Å². The van der Waals surface area contributed by atoms with Crippen LogP contribution in [0.25, 0.3) is 11.1 Å². The Hall–Kier alpha value is -2.22. The van der Waals surface area contributed by atoms with Crippen molar-refractivity contribution in [1.82, 2.24) is 0 Å². The van der Waals surface area contributed by atoms with Crippen LogP contribution in [-0.4, -0.2) is 0 Å². The Bertz CT molecular complexity index is 1620. The van der Waals surface area contributed by atoms with Crippen molar-refractivity contribution in [2.45, 2.75) is 37.3 Å². The fraction of sp³-hybridized carbons (Fsp3) is 0.200. The minimum absolute atomic E-state index is 0.244. The number of hydrogen-bond donors (Lipinski definition) is 1. The molecule has 0 unspecified atom stereocenters. The molecule has 0 bridgehead atoms. The monoisotopic (exact) mass is 837 g/mol. The van der Waals surface area contributed by atoms with E-state index in [0.29, 0.717) is 47.2 Å². The first-order valence-corrected chi connectivity index (χ1v) is 15.4. The van der Waals surface area contributed by atoms with E-state index >= 15 is 0 Å². The lowest BCUT2D eigenvalue weighted by atomic mass is 9.98. The molecule has 1 nitrogen and oxygen atoms in total. The molecule has 0 aliphatic heterocycles. The fourth-order valence-corrected chi connectivity index (χ4v) is 6.07. The van der Waals surface area contributed by atoms with E-state index in [1.165, 1.54) is 18.2 Å². The summed E-state index contributed by atoms with van der Waals surface area (Å²) in [4.78, 5) is 0. The van der Waals surface area contributed by atoms with Crippen LogP contribution in [0.1, 0.15) is 33.4 Å². The van der Waals surface area contributed by atoms with Crippen LogP contribution in [0.3, 0.4) is 0 Å². The van der Waals surface area contributed by atoms with E-state index in [9.17, 15) is 39.5 Å². The van der Waals surface area contributed by atoms with Crippen molar-refractivity contribution in [1.29, 1.82) is 0 Å². The lowest BCUT2D eigenvalue weighted by Crippen LogP contribution is -2.06. The summed E-state index contributed by atoms with van der Waals surface area (Å²) in [7, 11) is 0. The van der Waals surface area contributed by atoms with Gasteiger partial charge in [0.15, 0.2) is 0 Å². The largest absolute Gasteiger partial charge is 0.416 e. The van der Waals surface area contributed by atoms with E-state index in [1.807, 2.05) is 0 Å². The molecule has 0 amide bonds. The number of benzene rings is 4. The highest BCUT2D eigenvalue weighted by Gasteiger charge is 2.32. The zero-order chi connectivity index (χ0) is 33.0. The Balaban J connectivity index is 0.000000340. The van der Waals surface area contributed by atoms with Gasteiger partial charge in [0.05, 0.1) is 21.7 Å². The molecule has 0 atom stereocenters. The third-order valence-corrected chi connectivity index (χ3v) is 8.59. The Morgan fingerprint density at radius 2 is 1.07 bits per heavy atom. The molecule has 0 radical (unpaired) electrons. The molecule has 0 aliphatic carbocycles. The van der Waals surface area contributed by atoms with Gasteiger partial charge in [0.1, 0.15) is 0 Å². The third kappa shape index (κ3) is 9.64. The predicted molar refractivity (Wildman–Crippen MR) is 165 cm³/mol. The van der Waals surface area contributed by atoms with Gasteiger partial charge >= 0.3 is 18.5 Å². The summed E-state index contributed by atoms with van der Waals surface area (Å²) in [6.07, 6.45) is -13.1. The van der Waals surface area contributed by atoms with Gasteiger partial charge in [-0.15, -0.1) is 0 Å². The number of hydrogen-bond acceptors (Lipinski definition) is 1. The summed E-state index contributed by atoms with van der Waals surface area (Å²) in [6, 6.07) is 15.5. The molecule has 0 heterocycles. The van der Waals surface area contributed by atoms with Gasteiger partial charge in [-0.25, -0.2) is 0 Å². The smallest absolute Gasteiger partial charge is 0.381 e. The summed E-state index contributed by atoms with van der Waals surface area (Å²) in [5.41, 5.74) is 1.51. The highest BCUT2D eigenvalue weighted by molar-refractivity contribution is 9.11. The maximum atomic E-state index is 12.9. The zero-order valence-corrected chi connectivity index (χ0v) is 27.8. The van der Waals surface area contributed by atoms with Gasteiger partial charge in [0.2, 0.25) is 0 Å². The maximum Gasteiger partial charge on any atom is 0.416 e. The van der Waals surface area contributed by atoms with Crippen molar-refractivity contribution in [3.63, 3.8) is 0 Å². The topological polar surface area (TPSA) is 12.0 Å². The lowest BCUT2D eigenvalue weighted by molar-refractivity contribution is -0.138. The molecule has 0 aliphatic rings. The lowest BCUT2D eigenvalue weighted by Gasteiger charge is -2.14. The molecule has 14 heteroatoms. The second-order valence-electron chi connectivity index (χ2n) is 9.32. The Labute approximate surface area is 277 Å². The summed E-state index contributed by atoms with van der Waals surface area (Å²) in [5, 5.41) is 3.94. The molecule has 4 rings (SSSR count). The molecule has 236 valence electrons. The van der Waals surface area contributed by atoms with Crippen molar-refractivity contribution < 1.29 is 39.5 Å². The fourth-order valence-electron chi connectivity index (χ4n) is 3.88. The van der Waals surface area contributed by atoms with Gasteiger partial charge in [-0.1, -0.05) is 83.7 Å². The highest BCUT2D eigenvalue weighted by atomic mass is 79.9. The van der Waals surface area contributed by atoms with E-state index in [0.717, 1.165) is 42.0 Å². The van der Waals surface area contributed by atoms with Crippen LogP contribution in [0.15, 0.2) is 81.7 Å². The molecule has 0 aromatic heterocycles. The van der Waals surface area contributed by atoms with Crippen LogP contribution in [0.4, 0.5) is 45.2 Å². The number of nitrogens with one attached hydrogen (secondary N) is 1. The first kappa shape index (κ1) is 36.3. The van der Waals surface area contributed by atoms with Crippen molar-refractivity contribution in [3.05, 3.63) is 120 Å². The zero-order valence-electron chi connectivity index (χ0n) is 22.3. The Kier molecular flexibility index (Phi) is 11.9. The van der Waals surface area contributed by atoms with Crippen molar-refractivity contribution >= 4 is 65.1 Å². The molecular weight excluding hydrogens is 820 g/mol. The quantitative estimate of drug-likeness (QED) is 0.156. The SMILES string of the molecule is Cc1cc(C(F)(F)F)ccc1-c1ccc(NCc2ccc(C(F)(F)F)cc2Br)cc1Cl.FC(F)(F)c1ccc(CBr)c(Br)c1. The number of anilines is 1. The molecular formula is C30H20Br3ClF9N. The standard InChI is InChI=1S/C22H15BrClF6N.C8H5Br2F3/c1-12-8-14(21(25,26)27)4-6-17(12)18-7-5-16(10-20(18)24)31-11-13-2-3-15(9-19(13)23)22(28,29)30;9-4-5-1-2-6(3-7(5)10)8(11,12)13/h2-10,31H,11H2,1H3;1-3H,4H2. The van der Waals surface area contributed by atoms with Gasteiger partial charge < -0.3 is 5.32 Å². The number of halogens is 13. The van der Waals surface area contributed by atoms with E-state index in [1.54, 1.807) is 25.1 Å². The minimum atomic E-state index is -4.42. The number of alkyl halides is 10. The van der Waals surface area contributed by atoms with Gasteiger partial charge in [-0.05, 0) is 77.7 Å². The highest BCUT2D eigenvalue weighted by Crippen LogP contribution is 2.37. The van der Waals surface area contributed by atoms with Crippen molar-refractivity contribution in [3.8, 4) is 11.1 Å². The minimum Gasteiger partial charge on any atom is -0.381 e. The average molecular weight is 841 g/mol. The number of aryl methyl sites for hydroxylation is 1. The van der Waals surface area contributed by atoms with Crippen LogP contribution >= 0.6 is 59.4 Å². The van der Waals surface area contributed by atoms with E-state index in [2.05, 4.69) is 53.1 Å². The van der Waals surface area contributed by atoms with Crippen LogP contribution in [0.5, 0.6) is 0 Å². The first-order valence-electron chi connectivity index (χ1n) is 12.3. The van der Waals surface area contributed by atoms with Gasteiger partial charge in [0, 0.05) is 32.1 Å². The molecule has 4 aromatic rings. The molecule has 4 aromatic carbocycles. The molecule has 0 fully saturated rings. The Morgan fingerprint density at radius 3 is 1.50 bits per heavy atom. The van der Waals surface area contributed by atoms with Crippen molar-refractivity contribution in [2.75, 3.05) is 5.32 Å². The molecule has 1 N–H and O–H groups in total. The van der Waals surface area contributed by atoms with Gasteiger partial charge in [-0.3, -0.25) is 0 Å². The summed E-state index contributed by atoms with van der Waals surface area (Å²) < 4.78 is 114. The summed E-state index contributed by atoms with van der Waals surface area (Å²) >= 11 is 15.7. The van der Waals surface area contributed by atoms with Gasteiger partial charge in [0.25, 0.3) is 0 Å². The normalized spacial score (nSPS) is 12.0. The second kappa shape index (κ2) is 14.5. The molecule has 0 saturated heterocycles.